The minimum atomic E-state index is -0.325. The number of halogens is 2. The highest BCUT2D eigenvalue weighted by Crippen LogP contribution is 2.30. The molecule has 1 atom stereocenters. The zero-order valence-electron chi connectivity index (χ0n) is 12.0. The van der Waals surface area contributed by atoms with Crippen LogP contribution in [0.5, 0.6) is 0 Å². The molecule has 1 N–H and O–H groups in total. The van der Waals surface area contributed by atoms with Gasteiger partial charge in [0.05, 0.1) is 5.92 Å². The first-order chi connectivity index (χ1) is 9.86. The van der Waals surface area contributed by atoms with Gasteiger partial charge in [-0.3, -0.25) is 9.59 Å². The van der Waals surface area contributed by atoms with Crippen LogP contribution in [0.4, 0.5) is 5.69 Å². The Kier molecular flexibility index (Phi) is 5.12. The summed E-state index contributed by atoms with van der Waals surface area (Å²) in [6.45, 7) is 5.03. The molecule has 0 aliphatic carbocycles. The molecule has 1 aromatic carbocycles. The van der Waals surface area contributed by atoms with Gasteiger partial charge in [-0.2, -0.15) is 0 Å². The van der Waals surface area contributed by atoms with Crippen LogP contribution in [0.3, 0.4) is 0 Å². The van der Waals surface area contributed by atoms with E-state index in [4.69, 9.17) is 23.2 Å². The summed E-state index contributed by atoms with van der Waals surface area (Å²) in [5, 5.41) is 3.81. The lowest BCUT2D eigenvalue weighted by atomic mass is 10.1. The second-order valence-corrected chi connectivity index (χ2v) is 6.54. The van der Waals surface area contributed by atoms with Gasteiger partial charge in [-0.15, -0.1) is 0 Å². The molecule has 6 heteroatoms. The Morgan fingerprint density at radius 1 is 1.33 bits per heavy atom. The van der Waals surface area contributed by atoms with E-state index in [1.807, 2.05) is 13.8 Å². The van der Waals surface area contributed by atoms with Crippen molar-refractivity contribution in [3.63, 3.8) is 0 Å². The molecule has 1 saturated heterocycles. The summed E-state index contributed by atoms with van der Waals surface area (Å²) in [4.78, 5) is 25.7. The molecule has 0 spiro atoms. The van der Waals surface area contributed by atoms with Crippen molar-refractivity contribution in [2.45, 2.75) is 20.3 Å². The normalized spacial score (nSPS) is 18.4. The molecule has 4 nitrogen and oxygen atoms in total. The maximum atomic E-state index is 12.1. The summed E-state index contributed by atoms with van der Waals surface area (Å²) >= 11 is 11.9. The van der Waals surface area contributed by atoms with Crippen LogP contribution in [0.2, 0.25) is 10.0 Å². The lowest BCUT2D eigenvalue weighted by Crippen LogP contribution is -2.35. The van der Waals surface area contributed by atoms with Crippen LogP contribution in [-0.4, -0.2) is 24.9 Å². The average Bonchev–Trinajstić information content (AvgIpc) is 2.77. The van der Waals surface area contributed by atoms with Crippen molar-refractivity contribution in [2.24, 2.45) is 11.8 Å². The van der Waals surface area contributed by atoms with E-state index < -0.39 is 0 Å². The number of carbonyl (C=O) groups is 2. The second-order valence-electron chi connectivity index (χ2n) is 5.67. The van der Waals surface area contributed by atoms with Crippen LogP contribution < -0.4 is 10.2 Å². The summed E-state index contributed by atoms with van der Waals surface area (Å²) < 4.78 is 0. The molecule has 0 radical (unpaired) electrons. The third-order valence-electron chi connectivity index (χ3n) is 3.34. The molecule has 0 bridgehead atoms. The van der Waals surface area contributed by atoms with Crippen LogP contribution in [0.15, 0.2) is 18.2 Å². The van der Waals surface area contributed by atoms with Crippen LogP contribution in [-0.2, 0) is 9.59 Å². The van der Waals surface area contributed by atoms with Crippen molar-refractivity contribution in [3.05, 3.63) is 28.2 Å². The molecular weight excluding hydrogens is 311 g/mol. The second kappa shape index (κ2) is 6.67. The predicted octanol–water partition coefficient (Wildman–Crippen LogP) is 3.12. The van der Waals surface area contributed by atoms with E-state index in [1.54, 1.807) is 23.1 Å². The number of benzene rings is 1. The van der Waals surface area contributed by atoms with Gasteiger partial charge >= 0.3 is 0 Å². The van der Waals surface area contributed by atoms with Crippen molar-refractivity contribution < 1.29 is 9.59 Å². The predicted molar refractivity (Wildman–Crippen MR) is 84.8 cm³/mol. The lowest BCUT2D eigenvalue weighted by molar-refractivity contribution is -0.126. The van der Waals surface area contributed by atoms with Gasteiger partial charge in [-0.1, -0.05) is 37.0 Å². The molecule has 0 aromatic heterocycles. The molecule has 2 rings (SSSR count). The highest BCUT2D eigenvalue weighted by atomic mass is 35.5. The first kappa shape index (κ1) is 16.1. The molecular formula is C15H18Cl2N2O2. The molecule has 1 aromatic rings. The monoisotopic (exact) mass is 328 g/mol. The quantitative estimate of drug-likeness (QED) is 0.923. The topological polar surface area (TPSA) is 49.4 Å². The number of nitrogens with one attached hydrogen (secondary N) is 1. The zero-order chi connectivity index (χ0) is 15.6. The van der Waals surface area contributed by atoms with Crippen molar-refractivity contribution >= 4 is 40.7 Å². The summed E-state index contributed by atoms with van der Waals surface area (Å²) in [7, 11) is 0. The molecule has 0 saturated carbocycles. The highest BCUT2D eigenvalue weighted by Gasteiger charge is 2.35. The molecule has 1 unspecified atom stereocenters. The standard InChI is InChI=1S/C15H18Cl2N2O2/c1-9(2)7-18-15(21)10-3-14(20)19(8-10)13-5-11(16)4-12(17)6-13/h4-6,9-10H,3,7-8H2,1-2H3,(H,18,21). The molecule has 1 heterocycles. The first-order valence-electron chi connectivity index (χ1n) is 6.91. The van der Waals surface area contributed by atoms with Gasteiger partial charge < -0.3 is 10.2 Å². The average molecular weight is 329 g/mol. The molecule has 2 amide bonds. The van der Waals surface area contributed by atoms with Crippen molar-refractivity contribution in [1.29, 1.82) is 0 Å². The molecule has 21 heavy (non-hydrogen) atoms. The van der Waals surface area contributed by atoms with E-state index in [9.17, 15) is 9.59 Å². The Morgan fingerprint density at radius 3 is 2.52 bits per heavy atom. The highest BCUT2D eigenvalue weighted by molar-refractivity contribution is 6.35. The van der Waals surface area contributed by atoms with Gasteiger partial charge in [0.25, 0.3) is 0 Å². The van der Waals surface area contributed by atoms with Gasteiger partial charge in [-0.25, -0.2) is 0 Å². The Hall–Kier alpha value is -1.26. The summed E-state index contributed by atoms with van der Waals surface area (Å²) in [6, 6.07) is 4.97. The van der Waals surface area contributed by atoms with Gasteiger partial charge in [0.2, 0.25) is 11.8 Å². The largest absolute Gasteiger partial charge is 0.356 e. The van der Waals surface area contributed by atoms with E-state index >= 15 is 0 Å². The minimum Gasteiger partial charge on any atom is -0.356 e. The molecule has 1 fully saturated rings. The van der Waals surface area contributed by atoms with E-state index in [2.05, 4.69) is 5.32 Å². The van der Waals surface area contributed by atoms with E-state index in [-0.39, 0.29) is 24.2 Å². The fraction of sp³-hybridized carbons (Fsp3) is 0.467. The number of anilines is 1. The van der Waals surface area contributed by atoms with Gasteiger partial charge in [0.15, 0.2) is 0 Å². The van der Waals surface area contributed by atoms with Gasteiger partial charge in [-0.05, 0) is 24.1 Å². The summed E-state index contributed by atoms with van der Waals surface area (Å²) in [6.07, 6.45) is 0.216. The Bertz CT molecular complexity index is 540. The van der Waals surface area contributed by atoms with Crippen LogP contribution in [0, 0.1) is 11.8 Å². The van der Waals surface area contributed by atoms with E-state index in [0.29, 0.717) is 34.7 Å². The number of hydrogen-bond donors (Lipinski definition) is 1. The third kappa shape index (κ3) is 4.11. The maximum Gasteiger partial charge on any atom is 0.227 e. The minimum absolute atomic E-state index is 0.0762. The maximum absolute atomic E-state index is 12.1. The Balaban J connectivity index is 2.07. The van der Waals surface area contributed by atoms with Crippen molar-refractivity contribution in [1.82, 2.24) is 5.32 Å². The number of amides is 2. The van der Waals surface area contributed by atoms with Crippen LogP contribution >= 0.6 is 23.2 Å². The fourth-order valence-electron chi connectivity index (χ4n) is 2.28. The zero-order valence-corrected chi connectivity index (χ0v) is 13.5. The fourth-order valence-corrected chi connectivity index (χ4v) is 2.79. The molecule has 1 aliphatic heterocycles. The SMILES string of the molecule is CC(C)CNC(=O)C1CC(=O)N(c2cc(Cl)cc(Cl)c2)C1. The van der Waals surface area contributed by atoms with Crippen molar-refractivity contribution in [2.75, 3.05) is 18.0 Å². The van der Waals surface area contributed by atoms with Crippen LogP contribution in [0.1, 0.15) is 20.3 Å². The summed E-state index contributed by atoms with van der Waals surface area (Å²) in [5.41, 5.74) is 0.636. The Morgan fingerprint density at radius 2 is 1.95 bits per heavy atom. The first-order valence-corrected chi connectivity index (χ1v) is 7.66. The van der Waals surface area contributed by atoms with Crippen LogP contribution in [0.25, 0.3) is 0 Å². The Labute approximate surface area is 134 Å². The van der Waals surface area contributed by atoms with E-state index in [0.717, 1.165) is 0 Å². The van der Waals surface area contributed by atoms with Crippen molar-refractivity contribution in [3.8, 4) is 0 Å². The smallest absolute Gasteiger partial charge is 0.227 e. The third-order valence-corrected chi connectivity index (χ3v) is 3.78. The number of nitrogens with zero attached hydrogens (tertiary/aromatic N) is 1. The number of hydrogen-bond acceptors (Lipinski definition) is 2. The molecule has 114 valence electrons. The molecule has 1 aliphatic rings. The number of carbonyl (C=O) groups excluding carboxylic acids is 2. The number of rotatable bonds is 4. The summed E-state index contributed by atoms with van der Waals surface area (Å²) in [5.74, 6) is -0.103. The lowest BCUT2D eigenvalue weighted by Gasteiger charge is -2.17. The van der Waals surface area contributed by atoms with Gasteiger partial charge in [0.1, 0.15) is 0 Å². The van der Waals surface area contributed by atoms with Gasteiger partial charge in [0, 0.05) is 35.2 Å². The van der Waals surface area contributed by atoms with E-state index in [1.165, 1.54) is 0 Å².